The number of unbranched alkanes of at least 4 members (excludes halogenated alkanes) is 1. The van der Waals surface area contributed by atoms with E-state index in [4.69, 9.17) is 10.5 Å². The van der Waals surface area contributed by atoms with Crippen molar-refractivity contribution in [3.63, 3.8) is 0 Å². The van der Waals surface area contributed by atoms with Gasteiger partial charge in [-0.05, 0) is 18.4 Å². The van der Waals surface area contributed by atoms with Gasteiger partial charge < -0.3 is 20.3 Å². The first-order valence-electron chi connectivity index (χ1n) is 9.82. The summed E-state index contributed by atoms with van der Waals surface area (Å²) in [7, 11) is 0. The fourth-order valence-electron chi connectivity index (χ4n) is 3.67. The minimum absolute atomic E-state index is 0.165. The number of benzene rings is 1. The van der Waals surface area contributed by atoms with Gasteiger partial charge in [0.2, 0.25) is 5.91 Å². The monoisotopic (exact) mass is 388 g/mol. The van der Waals surface area contributed by atoms with Gasteiger partial charge >= 0.3 is 6.03 Å². The molecule has 0 aromatic heterocycles. The van der Waals surface area contributed by atoms with Crippen molar-refractivity contribution in [3.05, 3.63) is 35.9 Å². The van der Waals surface area contributed by atoms with E-state index >= 15 is 0 Å². The fourth-order valence-corrected chi connectivity index (χ4v) is 3.67. The first-order chi connectivity index (χ1) is 13.5. The molecule has 8 heteroatoms. The third-order valence-corrected chi connectivity index (χ3v) is 5.29. The zero-order valence-corrected chi connectivity index (χ0v) is 16.2. The van der Waals surface area contributed by atoms with E-state index < -0.39 is 24.1 Å². The highest BCUT2D eigenvalue weighted by atomic mass is 16.5. The minimum Gasteiger partial charge on any atom is -0.381 e. The standard InChI is InChI=1S/C20H28N4O4/c1-2-3-10-23-17(21)16(18(25)22-20(23)27)24(12-14-7-5-4-6-8-14)19(26)15-9-11-28-13-15/h4-8,15-17H,2-3,9-13,21H2,1H3,(H,22,25,27). The van der Waals surface area contributed by atoms with Crippen LogP contribution in [0.25, 0.3) is 0 Å². The summed E-state index contributed by atoms with van der Waals surface area (Å²) in [5.41, 5.74) is 7.25. The molecular formula is C20H28N4O4. The maximum absolute atomic E-state index is 13.2. The normalized spacial score (nSPS) is 24.9. The summed E-state index contributed by atoms with van der Waals surface area (Å²) in [5.74, 6) is -0.999. The Morgan fingerprint density at radius 3 is 2.71 bits per heavy atom. The number of rotatable bonds is 7. The van der Waals surface area contributed by atoms with Gasteiger partial charge in [0.1, 0.15) is 12.2 Å². The third kappa shape index (κ3) is 4.34. The molecule has 3 atom stereocenters. The Morgan fingerprint density at radius 2 is 2.07 bits per heavy atom. The molecule has 0 spiro atoms. The van der Waals surface area contributed by atoms with Crippen molar-refractivity contribution in [3.8, 4) is 0 Å². The Labute approximate surface area is 165 Å². The van der Waals surface area contributed by atoms with Crippen LogP contribution in [-0.4, -0.2) is 59.6 Å². The minimum atomic E-state index is -0.942. The van der Waals surface area contributed by atoms with Gasteiger partial charge in [-0.2, -0.15) is 0 Å². The molecule has 1 aromatic carbocycles. The lowest BCUT2D eigenvalue weighted by molar-refractivity contribution is -0.147. The molecule has 3 unspecified atom stereocenters. The highest BCUT2D eigenvalue weighted by Crippen LogP contribution is 2.23. The summed E-state index contributed by atoms with van der Waals surface area (Å²) in [6, 6.07) is 8.02. The molecule has 28 heavy (non-hydrogen) atoms. The highest BCUT2D eigenvalue weighted by molar-refractivity contribution is 6.01. The van der Waals surface area contributed by atoms with E-state index in [1.54, 1.807) is 0 Å². The van der Waals surface area contributed by atoms with Gasteiger partial charge in [0.25, 0.3) is 5.91 Å². The molecule has 2 heterocycles. The van der Waals surface area contributed by atoms with Crippen LogP contribution in [0.3, 0.4) is 0 Å². The van der Waals surface area contributed by atoms with Gasteiger partial charge in [0, 0.05) is 19.7 Å². The summed E-state index contributed by atoms with van der Waals surface area (Å²) in [6.45, 7) is 3.57. The number of amides is 4. The second-order valence-corrected chi connectivity index (χ2v) is 7.29. The van der Waals surface area contributed by atoms with Crippen LogP contribution in [0.4, 0.5) is 4.79 Å². The molecule has 152 valence electrons. The molecule has 2 aliphatic rings. The molecule has 3 N–H and O–H groups in total. The Kier molecular flexibility index (Phi) is 6.64. The van der Waals surface area contributed by atoms with Crippen LogP contribution in [0.2, 0.25) is 0 Å². The smallest absolute Gasteiger partial charge is 0.325 e. The topological polar surface area (TPSA) is 105 Å². The molecule has 2 saturated heterocycles. The fraction of sp³-hybridized carbons (Fsp3) is 0.550. The van der Waals surface area contributed by atoms with Gasteiger partial charge in [-0.15, -0.1) is 0 Å². The van der Waals surface area contributed by atoms with E-state index in [-0.39, 0.29) is 18.4 Å². The first-order valence-corrected chi connectivity index (χ1v) is 9.82. The van der Waals surface area contributed by atoms with Crippen LogP contribution in [0.1, 0.15) is 31.7 Å². The predicted molar refractivity (Wildman–Crippen MR) is 103 cm³/mol. The maximum Gasteiger partial charge on any atom is 0.325 e. The Hall–Kier alpha value is -2.45. The number of nitrogens with two attached hydrogens (primary N) is 1. The van der Waals surface area contributed by atoms with Crippen LogP contribution in [0.15, 0.2) is 30.3 Å². The number of nitrogens with zero attached hydrogens (tertiary/aromatic N) is 2. The lowest BCUT2D eigenvalue weighted by atomic mass is 10.0. The Balaban J connectivity index is 1.89. The number of imide groups is 1. The molecule has 0 radical (unpaired) electrons. The highest BCUT2D eigenvalue weighted by Gasteiger charge is 2.45. The molecule has 8 nitrogen and oxygen atoms in total. The van der Waals surface area contributed by atoms with E-state index in [0.29, 0.717) is 26.2 Å². The second kappa shape index (κ2) is 9.16. The molecule has 4 amide bonds. The summed E-state index contributed by atoms with van der Waals surface area (Å²) in [6.07, 6.45) is 1.39. The van der Waals surface area contributed by atoms with Gasteiger partial charge in [-0.25, -0.2) is 4.79 Å². The number of urea groups is 1. The van der Waals surface area contributed by atoms with Gasteiger partial charge in [-0.3, -0.25) is 14.9 Å². The second-order valence-electron chi connectivity index (χ2n) is 7.29. The molecule has 0 aliphatic carbocycles. The molecule has 1 aromatic rings. The molecule has 0 bridgehead atoms. The van der Waals surface area contributed by atoms with E-state index in [9.17, 15) is 14.4 Å². The molecular weight excluding hydrogens is 360 g/mol. The quantitative estimate of drug-likeness (QED) is 0.727. The number of carbonyl (C=O) groups excluding carboxylic acids is 3. The van der Waals surface area contributed by atoms with Crippen molar-refractivity contribution in [1.82, 2.24) is 15.1 Å². The lowest BCUT2D eigenvalue weighted by Gasteiger charge is -2.43. The van der Waals surface area contributed by atoms with Crippen LogP contribution in [-0.2, 0) is 20.9 Å². The average molecular weight is 388 g/mol. The van der Waals surface area contributed by atoms with Crippen LogP contribution in [0.5, 0.6) is 0 Å². The number of hydrogen-bond donors (Lipinski definition) is 2. The molecule has 3 rings (SSSR count). The van der Waals surface area contributed by atoms with Crippen molar-refractivity contribution in [1.29, 1.82) is 0 Å². The lowest BCUT2D eigenvalue weighted by Crippen LogP contribution is -2.71. The van der Waals surface area contributed by atoms with Crippen molar-refractivity contribution >= 4 is 17.8 Å². The number of carbonyl (C=O) groups is 3. The van der Waals surface area contributed by atoms with Crippen molar-refractivity contribution < 1.29 is 19.1 Å². The van der Waals surface area contributed by atoms with Gasteiger partial charge in [0.15, 0.2) is 0 Å². The molecule has 2 aliphatic heterocycles. The van der Waals surface area contributed by atoms with Crippen molar-refractivity contribution in [2.75, 3.05) is 19.8 Å². The summed E-state index contributed by atoms with van der Waals surface area (Å²) < 4.78 is 5.37. The van der Waals surface area contributed by atoms with Crippen LogP contribution < -0.4 is 11.1 Å². The largest absolute Gasteiger partial charge is 0.381 e. The van der Waals surface area contributed by atoms with E-state index in [2.05, 4.69) is 5.32 Å². The third-order valence-electron chi connectivity index (χ3n) is 5.29. The SMILES string of the molecule is CCCCN1C(=O)NC(=O)C(N(Cc2ccccc2)C(=O)C2CCOC2)C1N. The number of hydrogen-bond acceptors (Lipinski definition) is 5. The number of ether oxygens (including phenoxy) is 1. The molecule has 0 saturated carbocycles. The zero-order valence-electron chi connectivity index (χ0n) is 16.2. The zero-order chi connectivity index (χ0) is 20.1. The van der Waals surface area contributed by atoms with E-state index in [0.717, 1.165) is 18.4 Å². The van der Waals surface area contributed by atoms with E-state index in [1.807, 2.05) is 37.3 Å². The summed E-state index contributed by atoms with van der Waals surface area (Å²) >= 11 is 0. The van der Waals surface area contributed by atoms with Crippen LogP contribution >= 0.6 is 0 Å². The van der Waals surface area contributed by atoms with Crippen molar-refractivity contribution in [2.45, 2.75) is 44.9 Å². The van der Waals surface area contributed by atoms with Gasteiger partial charge in [-0.1, -0.05) is 43.7 Å². The molecule has 2 fully saturated rings. The first kappa shape index (κ1) is 20.3. The summed E-state index contributed by atoms with van der Waals surface area (Å²) in [5, 5.41) is 2.37. The average Bonchev–Trinajstić information content (AvgIpc) is 3.22. The Morgan fingerprint density at radius 1 is 1.32 bits per heavy atom. The van der Waals surface area contributed by atoms with Gasteiger partial charge in [0.05, 0.1) is 12.5 Å². The number of nitrogens with one attached hydrogen (secondary N) is 1. The van der Waals surface area contributed by atoms with Crippen molar-refractivity contribution in [2.24, 2.45) is 11.7 Å². The van der Waals surface area contributed by atoms with Crippen LogP contribution in [0, 0.1) is 5.92 Å². The van der Waals surface area contributed by atoms with E-state index in [1.165, 1.54) is 9.80 Å². The summed E-state index contributed by atoms with van der Waals surface area (Å²) in [4.78, 5) is 41.2. The predicted octanol–water partition coefficient (Wildman–Crippen LogP) is 1.06. The Bertz CT molecular complexity index is 705. The maximum atomic E-state index is 13.2.